The van der Waals surface area contributed by atoms with Crippen molar-refractivity contribution < 1.29 is 17.9 Å². The molecule has 7 heteroatoms. The van der Waals surface area contributed by atoms with Crippen LogP contribution in [0.2, 0.25) is 0 Å². The molecular formula is C22H30N2O4S. The SMILES string of the molecule is CC[C@H](C(=O)NCCc1ccc(OC)cc1)N(c1cc(C)cc(C)c1)S(C)(=O)=O. The first-order chi connectivity index (χ1) is 13.7. The molecular weight excluding hydrogens is 388 g/mol. The van der Waals surface area contributed by atoms with E-state index < -0.39 is 16.1 Å². The monoisotopic (exact) mass is 418 g/mol. The van der Waals surface area contributed by atoms with E-state index in [2.05, 4.69) is 5.32 Å². The van der Waals surface area contributed by atoms with Crippen molar-refractivity contribution >= 4 is 21.6 Å². The molecule has 0 fully saturated rings. The van der Waals surface area contributed by atoms with Crippen molar-refractivity contribution in [2.75, 3.05) is 24.2 Å². The molecule has 0 aromatic heterocycles. The van der Waals surface area contributed by atoms with E-state index in [0.717, 1.165) is 28.7 Å². The molecule has 2 aromatic rings. The highest BCUT2D eigenvalue weighted by molar-refractivity contribution is 7.92. The van der Waals surface area contributed by atoms with Crippen LogP contribution in [0.5, 0.6) is 5.75 Å². The molecule has 0 unspecified atom stereocenters. The molecule has 0 radical (unpaired) electrons. The number of sulfonamides is 1. The number of carbonyl (C=O) groups excluding carboxylic acids is 1. The fourth-order valence-electron chi connectivity index (χ4n) is 3.38. The average Bonchev–Trinajstić information content (AvgIpc) is 2.64. The second kappa shape index (κ2) is 9.78. The summed E-state index contributed by atoms with van der Waals surface area (Å²) in [6, 6.07) is 12.4. The fraction of sp³-hybridized carbons (Fsp3) is 0.409. The number of methoxy groups -OCH3 is 1. The maximum absolute atomic E-state index is 12.9. The van der Waals surface area contributed by atoms with Gasteiger partial charge in [-0.3, -0.25) is 9.10 Å². The third-order valence-corrected chi connectivity index (χ3v) is 5.84. The Morgan fingerprint density at radius 1 is 1.10 bits per heavy atom. The summed E-state index contributed by atoms with van der Waals surface area (Å²) >= 11 is 0. The molecule has 0 aliphatic rings. The van der Waals surface area contributed by atoms with Crippen LogP contribution in [-0.4, -0.2) is 40.3 Å². The average molecular weight is 419 g/mol. The van der Waals surface area contributed by atoms with E-state index >= 15 is 0 Å². The summed E-state index contributed by atoms with van der Waals surface area (Å²) in [5.74, 6) is 0.478. The lowest BCUT2D eigenvalue weighted by Gasteiger charge is -2.30. The summed E-state index contributed by atoms with van der Waals surface area (Å²) < 4.78 is 31.5. The van der Waals surface area contributed by atoms with Crippen LogP contribution >= 0.6 is 0 Å². The standard InChI is InChI=1S/C22H30N2O4S/c1-6-21(22(25)23-12-11-18-7-9-20(28-4)10-8-18)24(29(5,26)27)19-14-16(2)13-17(3)15-19/h7-10,13-15,21H,6,11-12H2,1-5H3,(H,23,25)/t21-/m1/s1. The van der Waals surface area contributed by atoms with E-state index in [0.29, 0.717) is 25.1 Å². The zero-order valence-corrected chi connectivity index (χ0v) is 18.5. The van der Waals surface area contributed by atoms with Gasteiger partial charge >= 0.3 is 0 Å². The zero-order valence-electron chi connectivity index (χ0n) is 17.7. The molecule has 1 atom stereocenters. The van der Waals surface area contributed by atoms with Gasteiger partial charge < -0.3 is 10.1 Å². The van der Waals surface area contributed by atoms with Crippen LogP contribution in [0.25, 0.3) is 0 Å². The number of amides is 1. The van der Waals surface area contributed by atoms with Gasteiger partial charge in [0.2, 0.25) is 15.9 Å². The number of nitrogens with one attached hydrogen (secondary N) is 1. The van der Waals surface area contributed by atoms with Crippen molar-refractivity contribution in [3.8, 4) is 5.75 Å². The molecule has 158 valence electrons. The van der Waals surface area contributed by atoms with Crippen LogP contribution in [0.15, 0.2) is 42.5 Å². The number of nitrogens with zero attached hydrogens (tertiary/aromatic N) is 1. The Labute approximate surface area is 173 Å². The minimum atomic E-state index is -3.63. The molecule has 29 heavy (non-hydrogen) atoms. The van der Waals surface area contributed by atoms with Gasteiger partial charge in [-0.2, -0.15) is 0 Å². The summed E-state index contributed by atoms with van der Waals surface area (Å²) in [6.07, 6.45) is 2.15. The van der Waals surface area contributed by atoms with Crippen molar-refractivity contribution in [1.82, 2.24) is 5.32 Å². The van der Waals surface area contributed by atoms with Crippen LogP contribution in [-0.2, 0) is 21.2 Å². The van der Waals surface area contributed by atoms with Gasteiger partial charge in [0, 0.05) is 6.54 Å². The third kappa shape index (κ3) is 6.22. The van der Waals surface area contributed by atoms with Crippen molar-refractivity contribution in [1.29, 1.82) is 0 Å². The molecule has 0 bridgehead atoms. The second-order valence-electron chi connectivity index (χ2n) is 7.22. The van der Waals surface area contributed by atoms with Gasteiger partial charge in [0.25, 0.3) is 0 Å². The van der Waals surface area contributed by atoms with Crippen molar-refractivity contribution in [2.24, 2.45) is 0 Å². The Morgan fingerprint density at radius 2 is 1.69 bits per heavy atom. The molecule has 2 aromatic carbocycles. The number of hydrogen-bond donors (Lipinski definition) is 1. The second-order valence-corrected chi connectivity index (χ2v) is 9.08. The van der Waals surface area contributed by atoms with E-state index in [4.69, 9.17) is 4.74 Å². The van der Waals surface area contributed by atoms with Gasteiger partial charge in [-0.25, -0.2) is 8.42 Å². The highest BCUT2D eigenvalue weighted by Crippen LogP contribution is 2.25. The Balaban J connectivity index is 2.15. The highest BCUT2D eigenvalue weighted by atomic mass is 32.2. The molecule has 0 saturated carbocycles. The van der Waals surface area contributed by atoms with E-state index in [9.17, 15) is 13.2 Å². The first kappa shape index (κ1) is 22.7. The molecule has 2 rings (SSSR count). The molecule has 0 spiro atoms. The topological polar surface area (TPSA) is 75.7 Å². The van der Waals surface area contributed by atoms with Crippen LogP contribution < -0.4 is 14.4 Å². The van der Waals surface area contributed by atoms with Crippen molar-refractivity contribution in [3.63, 3.8) is 0 Å². The van der Waals surface area contributed by atoms with E-state index in [1.807, 2.05) is 51.1 Å². The predicted octanol–water partition coefficient (Wildman–Crippen LogP) is 3.22. The molecule has 1 N–H and O–H groups in total. The fourth-order valence-corrected chi connectivity index (χ4v) is 4.57. The number of hydrogen-bond acceptors (Lipinski definition) is 4. The lowest BCUT2D eigenvalue weighted by Crippen LogP contribution is -2.49. The normalized spacial score (nSPS) is 12.3. The van der Waals surface area contributed by atoms with Gasteiger partial charge in [0.05, 0.1) is 19.1 Å². The third-order valence-electron chi connectivity index (χ3n) is 4.66. The maximum Gasteiger partial charge on any atom is 0.243 e. The number of aryl methyl sites for hydroxylation is 2. The Morgan fingerprint density at radius 3 is 2.17 bits per heavy atom. The molecule has 1 amide bonds. The van der Waals surface area contributed by atoms with Gasteiger partial charge in [0.1, 0.15) is 11.8 Å². The highest BCUT2D eigenvalue weighted by Gasteiger charge is 2.31. The van der Waals surface area contributed by atoms with Crippen LogP contribution in [0.3, 0.4) is 0 Å². The van der Waals surface area contributed by atoms with Crippen molar-refractivity contribution in [3.05, 3.63) is 59.2 Å². The summed E-state index contributed by atoms with van der Waals surface area (Å²) in [6.45, 7) is 6.06. The molecule has 6 nitrogen and oxygen atoms in total. The summed E-state index contributed by atoms with van der Waals surface area (Å²) in [5, 5.41) is 2.89. The summed E-state index contributed by atoms with van der Waals surface area (Å²) in [5.41, 5.74) is 3.47. The van der Waals surface area contributed by atoms with Crippen LogP contribution in [0, 0.1) is 13.8 Å². The lowest BCUT2D eigenvalue weighted by atomic mass is 10.1. The minimum absolute atomic E-state index is 0.300. The smallest absolute Gasteiger partial charge is 0.243 e. The molecule has 0 saturated heterocycles. The number of rotatable bonds is 9. The summed E-state index contributed by atoms with van der Waals surface area (Å²) in [7, 11) is -2.02. The van der Waals surface area contributed by atoms with E-state index in [1.165, 1.54) is 4.31 Å². The van der Waals surface area contributed by atoms with Crippen LogP contribution in [0.1, 0.15) is 30.0 Å². The van der Waals surface area contributed by atoms with Crippen molar-refractivity contribution in [2.45, 2.75) is 39.7 Å². The van der Waals surface area contributed by atoms with Gasteiger partial charge in [-0.05, 0) is 67.6 Å². The lowest BCUT2D eigenvalue weighted by molar-refractivity contribution is -0.122. The Hall–Kier alpha value is -2.54. The number of anilines is 1. The first-order valence-electron chi connectivity index (χ1n) is 9.64. The Kier molecular flexibility index (Phi) is 7.67. The van der Waals surface area contributed by atoms with Gasteiger partial charge in [0.15, 0.2) is 0 Å². The van der Waals surface area contributed by atoms with Gasteiger partial charge in [-0.15, -0.1) is 0 Å². The van der Waals surface area contributed by atoms with Gasteiger partial charge in [-0.1, -0.05) is 25.1 Å². The van der Waals surface area contributed by atoms with E-state index in [-0.39, 0.29) is 5.91 Å². The maximum atomic E-state index is 12.9. The molecule has 0 aliphatic heterocycles. The number of benzene rings is 2. The number of ether oxygens (including phenoxy) is 1. The number of carbonyl (C=O) groups is 1. The minimum Gasteiger partial charge on any atom is -0.497 e. The van der Waals surface area contributed by atoms with Crippen LogP contribution in [0.4, 0.5) is 5.69 Å². The predicted molar refractivity (Wildman–Crippen MR) is 117 cm³/mol. The molecule has 0 heterocycles. The zero-order chi connectivity index (χ0) is 21.6. The molecule has 0 aliphatic carbocycles. The summed E-state index contributed by atoms with van der Waals surface area (Å²) in [4.78, 5) is 12.9. The quantitative estimate of drug-likeness (QED) is 0.678. The van der Waals surface area contributed by atoms with E-state index in [1.54, 1.807) is 19.2 Å². The largest absolute Gasteiger partial charge is 0.497 e. The Bertz CT molecular complexity index is 920. The first-order valence-corrected chi connectivity index (χ1v) is 11.5.